The zero-order chi connectivity index (χ0) is 19.6. The van der Waals surface area contributed by atoms with Gasteiger partial charge in [0.05, 0.1) is 12.2 Å². The second-order valence-corrected chi connectivity index (χ2v) is 8.49. The number of rotatable bonds is 6. The molecule has 0 spiro atoms. The van der Waals surface area contributed by atoms with E-state index in [1.54, 1.807) is 30.6 Å². The van der Waals surface area contributed by atoms with Gasteiger partial charge in [-0.2, -0.15) is 5.10 Å². The summed E-state index contributed by atoms with van der Waals surface area (Å²) in [6.45, 7) is 2.87. The molecule has 0 fully saturated rings. The van der Waals surface area contributed by atoms with Gasteiger partial charge in [-0.15, -0.1) is 0 Å². The van der Waals surface area contributed by atoms with E-state index in [0.717, 1.165) is 18.7 Å². The molecule has 3 aromatic rings. The lowest BCUT2D eigenvalue weighted by molar-refractivity contribution is 0.440. The number of benzene rings is 1. The maximum atomic E-state index is 13.0. The Kier molecular flexibility index (Phi) is 4.99. The lowest BCUT2D eigenvalue weighted by Crippen LogP contribution is -2.32. The molecule has 9 heteroatoms. The summed E-state index contributed by atoms with van der Waals surface area (Å²) in [5.41, 5.74) is 0.637. The van der Waals surface area contributed by atoms with Crippen LogP contribution in [0, 0.1) is 0 Å². The van der Waals surface area contributed by atoms with E-state index < -0.39 is 10.0 Å². The fraction of sp³-hybridized carbons (Fsp3) is 0.316. The van der Waals surface area contributed by atoms with Crippen molar-refractivity contribution in [2.45, 2.75) is 37.2 Å². The zero-order valence-electron chi connectivity index (χ0n) is 15.6. The van der Waals surface area contributed by atoms with Crippen molar-refractivity contribution in [2.75, 3.05) is 16.2 Å². The van der Waals surface area contributed by atoms with Crippen LogP contribution in [0.25, 0.3) is 0 Å². The topological polar surface area (TPSA) is 93.0 Å². The van der Waals surface area contributed by atoms with Crippen LogP contribution < -0.4 is 9.62 Å². The molecule has 0 saturated heterocycles. The van der Waals surface area contributed by atoms with E-state index in [1.165, 1.54) is 10.5 Å². The number of aromatic nitrogens is 4. The second-order valence-electron chi connectivity index (χ2n) is 6.62. The minimum atomic E-state index is -3.67. The molecule has 1 aliphatic rings. The first-order valence-electron chi connectivity index (χ1n) is 9.25. The number of nitrogens with one attached hydrogen (secondary N) is 1. The highest BCUT2D eigenvalue weighted by atomic mass is 32.2. The minimum Gasteiger partial charge on any atom is -0.365 e. The first kappa shape index (κ1) is 18.4. The van der Waals surface area contributed by atoms with E-state index in [1.807, 2.05) is 29.8 Å². The Hall–Kier alpha value is -2.94. The summed E-state index contributed by atoms with van der Waals surface area (Å²) in [7, 11) is -3.67. The summed E-state index contributed by atoms with van der Waals surface area (Å²) in [6.07, 6.45) is 4.76. The Bertz CT molecular complexity index is 1030. The zero-order valence-corrected chi connectivity index (χ0v) is 16.4. The molecule has 2 aromatic heterocycles. The quantitative estimate of drug-likeness (QED) is 0.685. The number of nitrogens with zero attached hydrogens (tertiary/aromatic N) is 5. The molecule has 0 bridgehead atoms. The molecule has 4 rings (SSSR count). The highest BCUT2D eigenvalue weighted by Crippen LogP contribution is 2.24. The molecule has 1 N–H and O–H groups in total. The molecule has 1 aromatic carbocycles. The van der Waals surface area contributed by atoms with Crippen molar-refractivity contribution in [3.63, 3.8) is 0 Å². The summed E-state index contributed by atoms with van der Waals surface area (Å²) >= 11 is 0. The summed E-state index contributed by atoms with van der Waals surface area (Å²) in [4.78, 5) is 8.73. The molecule has 1 atom stereocenters. The highest BCUT2D eigenvalue weighted by Gasteiger charge is 2.24. The number of hydrogen-bond acceptors (Lipinski definition) is 6. The van der Waals surface area contributed by atoms with Gasteiger partial charge in [0.2, 0.25) is 0 Å². The fourth-order valence-corrected chi connectivity index (χ4v) is 4.82. The second kappa shape index (κ2) is 7.59. The Balaban J connectivity index is 1.49. The molecule has 146 valence electrons. The molecule has 1 unspecified atom stereocenters. The van der Waals surface area contributed by atoms with E-state index in [4.69, 9.17) is 0 Å². The largest absolute Gasteiger partial charge is 0.365 e. The van der Waals surface area contributed by atoms with Crippen molar-refractivity contribution >= 4 is 21.5 Å². The van der Waals surface area contributed by atoms with Crippen molar-refractivity contribution in [3.05, 3.63) is 60.8 Å². The third kappa shape index (κ3) is 3.57. The van der Waals surface area contributed by atoms with E-state index in [-0.39, 0.29) is 10.9 Å². The number of para-hydroxylation sites is 1. The van der Waals surface area contributed by atoms with Crippen LogP contribution in [0.4, 0.5) is 11.5 Å². The Morgan fingerprint density at radius 1 is 1.18 bits per heavy atom. The Labute approximate surface area is 164 Å². The van der Waals surface area contributed by atoms with Gasteiger partial charge in [-0.3, -0.25) is 4.31 Å². The first-order chi connectivity index (χ1) is 13.6. The van der Waals surface area contributed by atoms with Crippen molar-refractivity contribution in [3.8, 4) is 0 Å². The smallest absolute Gasteiger partial charge is 0.265 e. The monoisotopic (exact) mass is 398 g/mol. The summed E-state index contributed by atoms with van der Waals surface area (Å²) < 4.78 is 29.3. The van der Waals surface area contributed by atoms with Gasteiger partial charge in [-0.25, -0.2) is 23.1 Å². The van der Waals surface area contributed by atoms with Crippen molar-refractivity contribution in [1.82, 2.24) is 19.7 Å². The van der Waals surface area contributed by atoms with Gasteiger partial charge in [0.25, 0.3) is 10.0 Å². The molecule has 3 heterocycles. The summed E-state index contributed by atoms with van der Waals surface area (Å²) in [5, 5.41) is 7.57. The standard InChI is InChI=1S/C19H22N6O2S/c1-2-25(16-6-4-3-5-7-16)28(26,27)17-9-10-18(20-12-17)23-15-8-11-19-21-14-22-24(19)13-15/h3-7,9-10,12,14-15H,2,8,11,13H2,1H3,(H,20,23). The molecule has 1 aliphatic heterocycles. The van der Waals surface area contributed by atoms with Crippen molar-refractivity contribution < 1.29 is 8.42 Å². The molecule has 0 aliphatic carbocycles. The van der Waals surface area contributed by atoms with E-state index >= 15 is 0 Å². The first-order valence-corrected chi connectivity index (χ1v) is 10.7. The average Bonchev–Trinajstić information content (AvgIpc) is 3.17. The van der Waals surface area contributed by atoms with Crippen LogP contribution in [0.15, 0.2) is 59.9 Å². The van der Waals surface area contributed by atoms with Crippen molar-refractivity contribution in [2.24, 2.45) is 0 Å². The predicted molar refractivity (Wildman–Crippen MR) is 107 cm³/mol. The van der Waals surface area contributed by atoms with Gasteiger partial charge in [-0.05, 0) is 37.6 Å². The van der Waals surface area contributed by atoms with Crippen LogP contribution in [0.2, 0.25) is 0 Å². The maximum absolute atomic E-state index is 13.0. The third-order valence-corrected chi connectivity index (χ3v) is 6.70. The fourth-order valence-electron chi connectivity index (χ4n) is 3.40. The molecular formula is C19H22N6O2S. The normalized spacial score (nSPS) is 16.4. The molecular weight excluding hydrogens is 376 g/mol. The number of aryl methyl sites for hydroxylation is 1. The third-order valence-electron chi connectivity index (χ3n) is 4.81. The van der Waals surface area contributed by atoms with Gasteiger partial charge >= 0.3 is 0 Å². The van der Waals surface area contributed by atoms with Crippen LogP contribution >= 0.6 is 0 Å². The number of pyridine rings is 1. The minimum absolute atomic E-state index is 0.172. The van der Waals surface area contributed by atoms with Crippen LogP contribution in [0.1, 0.15) is 19.2 Å². The molecule has 0 saturated carbocycles. The number of anilines is 2. The maximum Gasteiger partial charge on any atom is 0.265 e. The van der Waals surface area contributed by atoms with Crippen LogP contribution in [-0.4, -0.2) is 40.8 Å². The van der Waals surface area contributed by atoms with E-state index in [2.05, 4.69) is 20.4 Å². The summed E-state index contributed by atoms with van der Waals surface area (Å²) in [6, 6.07) is 12.6. The van der Waals surface area contributed by atoms with Gasteiger partial charge in [0.1, 0.15) is 22.9 Å². The Morgan fingerprint density at radius 2 is 2.00 bits per heavy atom. The molecule has 8 nitrogen and oxygen atoms in total. The lowest BCUT2D eigenvalue weighted by Gasteiger charge is -2.24. The van der Waals surface area contributed by atoms with Crippen molar-refractivity contribution in [1.29, 1.82) is 0 Å². The molecule has 0 radical (unpaired) electrons. The highest BCUT2D eigenvalue weighted by molar-refractivity contribution is 7.92. The number of hydrogen-bond donors (Lipinski definition) is 1. The van der Waals surface area contributed by atoms with E-state index in [9.17, 15) is 8.42 Å². The SMILES string of the molecule is CCN(c1ccccc1)S(=O)(=O)c1ccc(NC2CCc3ncnn3C2)nc1. The number of sulfonamides is 1. The van der Waals surface area contributed by atoms with Gasteiger partial charge in [0, 0.05) is 25.2 Å². The van der Waals surface area contributed by atoms with Crippen LogP contribution in [0.3, 0.4) is 0 Å². The van der Waals surface area contributed by atoms with Gasteiger partial charge in [-0.1, -0.05) is 18.2 Å². The van der Waals surface area contributed by atoms with Gasteiger partial charge < -0.3 is 5.32 Å². The van der Waals surface area contributed by atoms with E-state index in [0.29, 0.717) is 24.6 Å². The predicted octanol–water partition coefficient (Wildman–Crippen LogP) is 2.32. The van der Waals surface area contributed by atoms with Crippen LogP contribution in [-0.2, 0) is 23.0 Å². The lowest BCUT2D eigenvalue weighted by atomic mass is 10.1. The Morgan fingerprint density at radius 3 is 2.71 bits per heavy atom. The molecule has 28 heavy (non-hydrogen) atoms. The average molecular weight is 398 g/mol. The molecule has 0 amide bonds. The summed E-state index contributed by atoms with van der Waals surface area (Å²) in [5.74, 6) is 1.64. The number of fused-ring (bicyclic) bond motifs is 1. The van der Waals surface area contributed by atoms with Gasteiger partial charge in [0.15, 0.2) is 0 Å². The van der Waals surface area contributed by atoms with Crippen LogP contribution in [0.5, 0.6) is 0 Å².